The van der Waals surface area contributed by atoms with Gasteiger partial charge in [0.05, 0.1) is 23.7 Å². The zero-order valence-electron chi connectivity index (χ0n) is 14.9. The van der Waals surface area contributed by atoms with Gasteiger partial charge in [0.15, 0.2) is 0 Å². The van der Waals surface area contributed by atoms with Gasteiger partial charge in [-0.15, -0.1) is 0 Å². The molecule has 0 spiro atoms. The summed E-state index contributed by atoms with van der Waals surface area (Å²) in [6, 6.07) is 10.5. The average molecular weight is 343 g/mol. The average Bonchev–Trinajstić information content (AvgIpc) is 3.04. The maximum absolute atomic E-state index is 5.78. The molecule has 4 heteroatoms. The fourth-order valence-corrected chi connectivity index (χ4v) is 3.44. The number of imidazole rings is 1. The van der Waals surface area contributed by atoms with Gasteiger partial charge in [0.2, 0.25) is 0 Å². The topological polar surface area (TPSA) is 39.9 Å². The molecule has 0 fully saturated rings. The predicted octanol–water partition coefficient (Wildman–Crippen LogP) is 4.78. The molecular formula is C22H21N3O. The van der Waals surface area contributed by atoms with Crippen LogP contribution in [0.25, 0.3) is 22.2 Å². The molecule has 0 N–H and O–H groups in total. The van der Waals surface area contributed by atoms with E-state index in [9.17, 15) is 0 Å². The van der Waals surface area contributed by atoms with Crippen LogP contribution in [-0.2, 0) is 11.3 Å². The highest BCUT2D eigenvalue weighted by molar-refractivity contribution is 5.83. The normalized spacial score (nSPS) is 17.1. The van der Waals surface area contributed by atoms with E-state index in [4.69, 9.17) is 9.72 Å². The maximum Gasteiger partial charge on any atom is 0.136 e. The van der Waals surface area contributed by atoms with Crippen LogP contribution >= 0.6 is 0 Å². The van der Waals surface area contributed by atoms with Crippen molar-refractivity contribution in [3.63, 3.8) is 0 Å². The molecule has 1 unspecified atom stereocenters. The standard InChI is InChI=1S/C22H21N3O/c1-4-6-16(5-2)21-13-26-14-22-24-19-10-9-17(11-20(19)25(21)22)18-8-7-15(3)23-12-18/h4-12,21H,1-2,13-14H2,3H3/b16-6+. The molecule has 0 amide bonds. The van der Waals surface area contributed by atoms with Crippen LogP contribution in [-0.4, -0.2) is 21.1 Å². The number of aryl methyl sites for hydroxylation is 1. The second-order valence-electron chi connectivity index (χ2n) is 6.43. The van der Waals surface area contributed by atoms with Crippen molar-refractivity contribution in [2.75, 3.05) is 6.61 Å². The summed E-state index contributed by atoms with van der Waals surface area (Å²) in [6.07, 6.45) is 7.55. The van der Waals surface area contributed by atoms with E-state index in [0.29, 0.717) is 13.2 Å². The number of pyridine rings is 1. The van der Waals surface area contributed by atoms with Gasteiger partial charge in [0.25, 0.3) is 0 Å². The van der Waals surface area contributed by atoms with Crippen molar-refractivity contribution in [1.82, 2.24) is 14.5 Å². The SMILES string of the molecule is C=C/C=C(\C=C)C1COCc2nc3ccc(-c4ccc(C)nc4)cc3n21. The van der Waals surface area contributed by atoms with Gasteiger partial charge in [-0.25, -0.2) is 4.98 Å². The summed E-state index contributed by atoms with van der Waals surface area (Å²) < 4.78 is 8.04. The van der Waals surface area contributed by atoms with Crippen molar-refractivity contribution >= 4 is 11.0 Å². The molecular weight excluding hydrogens is 322 g/mol. The molecule has 3 heterocycles. The molecule has 1 atom stereocenters. The van der Waals surface area contributed by atoms with Crippen molar-refractivity contribution in [2.24, 2.45) is 0 Å². The molecule has 2 aromatic heterocycles. The molecule has 3 aromatic rings. The van der Waals surface area contributed by atoms with Gasteiger partial charge in [-0.2, -0.15) is 0 Å². The number of aromatic nitrogens is 3. The van der Waals surface area contributed by atoms with E-state index in [-0.39, 0.29) is 6.04 Å². The highest BCUT2D eigenvalue weighted by Crippen LogP contribution is 2.33. The van der Waals surface area contributed by atoms with Crippen molar-refractivity contribution in [1.29, 1.82) is 0 Å². The number of ether oxygens (including phenoxy) is 1. The summed E-state index contributed by atoms with van der Waals surface area (Å²) in [5, 5.41) is 0. The van der Waals surface area contributed by atoms with Crippen molar-refractivity contribution < 1.29 is 4.74 Å². The lowest BCUT2D eigenvalue weighted by Gasteiger charge is -2.27. The molecule has 4 nitrogen and oxygen atoms in total. The van der Waals surface area contributed by atoms with E-state index in [1.165, 1.54) is 0 Å². The number of hydrogen-bond acceptors (Lipinski definition) is 3. The van der Waals surface area contributed by atoms with Crippen LogP contribution in [0.15, 0.2) is 73.5 Å². The zero-order chi connectivity index (χ0) is 18.1. The summed E-state index contributed by atoms with van der Waals surface area (Å²) >= 11 is 0. The van der Waals surface area contributed by atoms with Crippen LogP contribution in [0.1, 0.15) is 17.6 Å². The first-order valence-corrected chi connectivity index (χ1v) is 8.68. The molecule has 1 aliphatic heterocycles. The number of benzene rings is 1. The fourth-order valence-electron chi connectivity index (χ4n) is 3.44. The Hall–Kier alpha value is -2.98. The Morgan fingerprint density at radius 2 is 2.08 bits per heavy atom. The van der Waals surface area contributed by atoms with Gasteiger partial charge in [0, 0.05) is 17.5 Å². The summed E-state index contributed by atoms with van der Waals surface area (Å²) in [5.74, 6) is 0.937. The van der Waals surface area contributed by atoms with E-state index in [1.54, 1.807) is 6.08 Å². The van der Waals surface area contributed by atoms with Gasteiger partial charge in [0.1, 0.15) is 12.4 Å². The molecule has 0 bridgehead atoms. The van der Waals surface area contributed by atoms with Crippen molar-refractivity contribution in [3.8, 4) is 11.1 Å². The summed E-state index contributed by atoms with van der Waals surface area (Å²) in [7, 11) is 0. The Kier molecular flexibility index (Phi) is 4.27. The van der Waals surface area contributed by atoms with E-state index < -0.39 is 0 Å². The van der Waals surface area contributed by atoms with Crippen molar-refractivity contribution in [2.45, 2.75) is 19.6 Å². The van der Waals surface area contributed by atoms with E-state index >= 15 is 0 Å². The molecule has 0 saturated carbocycles. The Bertz CT molecular complexity index is 1010. The van der Waals surface area contributed by atoms with E-state index in [2.05, 4.69) is 47.0 Å². The number of fused-ring (bicyclic) bond motifs is 3. The minimum absolute atomic E-state index is 0.0469. The van der Waals surface area contributed by atoms with Crippen LogP contribution in [0.3, 0.4) is 0 Å². The third-order valence-corrected chi connectivity index (χ3v) is 4.76. The first-order chi connectivity index (χ1) is 12.7. The summed E-state index contributed by atoms with van der Waals surface area (Å²) in [6.45, 7) is 10.9. The third-order valence-electron chi connectivity index (χ3n) is 4.76. The molecule has 130 valence electrons. The summed E-state index contributed by atoms with van der Waals surface area (Å²) in [5.41, 5.74) is 6.39. The number of allylic oxidation sites excluding steroid dienone is 3. The minimum atomic E-state index is 0.0469. The van der Waals surface area contributed by atoms with E-state index in [1.807, 2.05) is 31.3 Å². The minimum Gasteiger partial charge on any atom is -0.371 e. The van der Waals surface area contributed by atoms with Crippen molar-refractivity contribution in [3.05, 3.63) is 85.0 Å². The zero-order valence-corrected chi connectivity index (χ0v) is 14.9. The van der Waals surface area contributed by atoms with Gasteiger partial charge in [-0.3, -0.25) is 4.98 Å². The van der Waals surface area contributed by atoms with Crippen LogP contribution in [0.5, 0.6) is 0 Å². The second kappa shape index (κ2) is 6.73. The third kappa shape index (κ3) is 2.78. The number of rotatable bonds is 4. The molecule has 0 saturated heterocycles. The Labute approximate surface area is 153 Å². The first kappa shape index (κ1) is 16.5. The lowest BCUT2D eigenvalue weighted by atomic mass is 10.0. The Morgan fingerprint density at radius 1 is 1.23 bits per heavy atom. The molecule has 0 radical (unpaired) electrons. The lowest BCUT2D eigenvalue weighted by Crippen LogP contribution is -2.24. The molecule has 0 aliphatic carbocycles. The van der Waals surface area contributed by atoms with Crippen LogP contribution < -0.4 is 0 Å². The molecule has 26 heavy (non-hydrogen) atoms. The Morgan fingerprint density at radius 3 is 2.81 bits per heavy atom. The number of hydrogen-bond donors (Lipinski definition) is 0. The van der Waals surface area contributed by atoms with Crippen LogP contribution in [0, 0.1) is 6.92 Å². The lowest BCUT2D eigenvalue weighted by molar-refractivity contribution is 0.0678. The number of nitrogens with zero attached hydrogens (tertiary/aromatic N) is 3. The highest BCUT2D eigenvalue weighted by atomic mass is 16.5. The monoisotopic (exact) mass is 343 g/mol. The van der Waals surface area contributed by atoms with Crippen LogP contribution in [0.4, 0.5) is 0 Å². The predicted molar refractivity (Wildman–Crippen MR) is 105 cm³/mol. The highest BCUT2D eigenvalue weighted by Gasteiger charge is 2.25. The largest absolute Gasteiger partial charge is 0.371 e. The quantitative estimate of drug-likeness (QED) is 0.640. The molecule has 1 aromatic carbocycles. The molecule has 1 aliphatic rings. The smallest absolute Gasteiger partial charge is 0.136 e. The fraction of sp³-hybridized carbons (Fsp3) is 0.182. The van der Waals surface area contributed by atoms with Gasteiger partial charge in [-0.05, 0) is 36.3 Å². The maximum atomic E-state index is 5.78. The van der Waals surface area contributed by atoms with Gasteiger partial charge in [-0.1, -0.05) is 43.5 Å². The summed E-state index contributed by atoms with van der Waals surface area (Å²) in [4.78, 5) is 9.18. The second-order valence-corrected chi connectivity index (χ2v) is 6.43. The van der Waals surface area contributed by atoms with E-state index in [0.717, 1.165) is 39.3 Å². The van der Waals surface area contributed by atoms with Gasteiger partial charge >= 0.3 is 0 Å². The van der Waals surface area contributed by atoms with Gasteiger partial charge < -0.3 is 9.30 Å². The molecule has 4 rings (SSSR count). The first-order valence-electron chi connectivity index (χ1n) is 8.68. The van der Waals surface area contributed by atoms with Crippen LogP contribution in [0.2, 0.25) is 0 Å². The Balaban J connectivity index is 1.88.